The molecule has 0 aromatic heterocycles. The van der Waals surface area contributed by atoms with Gasteiger partial charge in [0, 0.05) is 27.3 Å². The molecule has 2 N–H and O–H groups in total. The normalized spacial score (nSPS) is 12.0. The lowest BCUT2D eigenvalue weighted by molar-refractivity contribution is 0.189. The number of anilines is 1. The number of nitrogens with zero attached hydrogens (tertiary/aromatic N) is 1. The van der Waals surface area contributed by atoms with Gasteiger partial charge in [-0.05, 0) is 24.6 Å². The summed E-state index contributed by atoms with van der Waals surface area (Å²) in [6.45, 7) is 0.776. The van der Waals surface area contributed by atoms with E-state index in [0.29, 0.717) is 19.6 Å². The molecule has 0 saturated heterocycles. The molecule has 7 heteroatoms. The molecule has 0 radical (unpaired) electrons. The highest BCUT2D eigenvalue weighted by Crippen LogP contribution is 2.19. The van der Waals surface area contributed by atoms with Gasteiger partial charge in [-0.3, -0.25) is 0 Å². The maximum Gasteiger partial charge on any atom is 0.242 e. The molecule has 0 unspecified atom stereocenters. The van der Waals surface area contributed by atoms with Crippen molar-refractivity contribution in [1.82, 2.24) is 4.31 Å². The Labute approximate surface area is 106 Å². The van der Waals surface area contributed by atoms with Crippen LogP contribution in [0.1, 0.15) is 6.42 Å². The third-order valence-corrected chi connectivity index (χ3v) is 4.35. The molecule has 0 heterocycles. The first kappa shape index (κ1) is 14.9. The van der Waals surface area contributed by atoms with E-state index in [1.54, 1.807) is 7.11 Å². The summed E-state index contributed by atoms with van der Waals surface area (Å²) in [4.78, 5) is -0.103. The zero-order chi connectivity index (χ0) is 13.8. The van der Waals surface area contributed by atoms with Gasteiger partial charge < -0.3 is 10.5 Å². The predicted molar refractivity (Wildman–Crippen MR) is 67.1 cm³/mol. The minimum absolute atomic E-state index is 0.0732. The minimum atomic E-state index is -3.68. The maximum absolute atomic E-state index is 13.3. The second-order valence-electron chi connectivity index (χ2n) is 3.86. The van der Waals surface area contributed by atoms with Crippen LogP contribution in [0.25, 0.3) is 0 Å². The van der Waals surface area contributed by atoms with Crippen molar-refractivity contribution < 1.29 is 17.5 Å². The van der Waals surface area contributed by atoms with Gasteiger partial charge in [0.05, 0.1) is 10.6 Å². The Balaban J connectivity index is 2.88. The smallest absolute Gasteiger partial charge is 0.242 e. The maximum atomic E-state index is 13.3. The quantitative estimate of drug-likeness (QED) is 0.623. The zero-order valence-corrected chi connectivity index (χ0v) is 11.2. The summed E-state index contributed by atoms with van der Waals surface area (Å²) < 4.78 is 43.4. The minimum Gasteiger partial charge on any atom is -0.396 e. The molecule has 0 fully saturated rings. The Kier molecular flexibility index (Phi) is 5.06. The van der Waals surface area contributed by atoms with Crippen molar-refractivity contribution in [2.45, 2.75) is 11.3 Å². The highest BCUT2D eigenvalue weighted by molar-refractivity contribution is 7.89. The van der Waals surface area contributed by atoms with Crippen molar-refractivity contribution in [1.29, 1.82) is 0 Å². The molecule has 0 aliphatic rings. The van der Waals surface area contributed by atoms with Gasteiger partial charge in [-0.15, -0.1) is 0 Å². The summed E-state index contributed by atoms with van der Waals surface area (Å²) in [5.41, 5.74) is 5.23. The monoisotopic (exact) mass is 276 g/mol. The van der Waals surface area contributed by atoms with Gasteiger partial charge in [0.25, 0.3) is 0 Å². The number of halogens is 1. The van der Waals surface area contributed by atoms with Gasteiger partial charge in [0.1, 0.15) is 5.82 Å². The number of rotatable bonds is 6. The number of benzene rings is 1. The van der Waals surface area contributed by atoms with Crippen molar-refractivity contribution in [3.63, 3.8) is 0 Å². The molecule has 0 atom stereocenters. The number of hydrogen-bond donors (Lipinski definition) is 1. The van der Waals surface area contributed by atoms with E-state index in [1.165, 1.54) is 19.2 Å². The van der Waals surface area contributed by atoms with Gasteiger partial charge in [0.2, 0.25) is 10.0 Å². The van der Waals surface area contributed by atoms with E-state index >= 15 is 0 Å². The summed E-state index contributed by atoms with van der Waals surface area (Å²) in [5, 5.41) is 0. The molecule has 18 heavy (non-hydrogen) atoms. The average Bonchev–Trinajstić information content (AvgIpc) is 2.32. The lowest BCUT2D eigenvalue weighted by Crippen LogP contribution is -2.28. The molecule has 0 bridgehead atoms. The van der Waals surface area contributed by atoms with Crippen molar-refractivity contribution in [3.8, 4) is 0 Å². The van der Waals surface area contributed by atoms with Crippen LogP contribution in [0, 0.1) is 5.82 Å². The summed E-state index contributed by atoms with van der Waals surface area (Å²) in [6.07, 6.45) is 0.573. The number of hydrogen-bond acceptors (Lipinski definition) is 4. The van der Waals surface area contributed by atoms with Crippen LogP contribution in [0.4, 0.5) is 10.1 Å². The molecular formula is C11H17FN2O3S. The highest BCUT2D eigenvalue weighted by Gasteiger charge is 2.21. The fourth-order valence-corrected chi connectivity index (χ4v) is 2.62. The largest absolute Gasteiger partial charge is 0.396 e. The van der Waals surface area contributed by atoms with Gasteiger partial charge in [-0.25, -0.2) is 17.1 Å². The third kappa shape index (κ3) is 3.41. The summed E-state index contributed by atoms with van der Waals surface area (Å²) in [6, 6.07) is 3.46. The number of methoxy groups -OCH3 is 1. The van der Waals surface area contributed by atoms with Crippen molar-refractivity contribution in [2.24, 2.45) is 0 Å². The van der Waals surface area contributed by atoms with Gasteiger partial charge in [-0.1, -0.05) is 0 Å². The van der Waals surface area contributed by atoms with Crippen LogP contribution in [0.15, 0.2) is 23.1 Å². The lowest BCUT2D eigenvalue weighted by Gasteiger charge is -2.17. The number of nitrogens with two attached hydrogens (primary N) is 1. The summed E-state index contributed by atoms with van der Waals surface area (Å²) in [5.74, 6) is -0.735. The summed E-state index contributed by atoms with van der Waals surface area (Å²) in [7, 11) is -0.687. The Hall–Kier alpha value is -1.18. The molecule has 1 aromatic rings. The number of sulfonamides is 1. The molecule has 1 rings (SSSR count). The van der Waals surface area contributed by atoms with Crippen LogP contribution in [-0.2, 0) is 14.8 Å². The first-order valence-corrected chi connectivity index (χ1v) is 6.84. The fourth-order valence-electron chi connectivity index (χ4n) is 1.40. The second-order valence-corrected chi connectivity index (χ2v) is 5.90. The Bertz CT molecular complexity index is 505. The Morgan fingerprint density at radius 1 is 1.44 bits per heavy atom. The molecule has 0 saturated carbocycles. The van der Waals surface area contributed by atoms with E-state index in [1.807, 2.05) is 0 Å². The van der Waals surface area contributed by atoms with Crippen LogP contribution in [0.5, 0.6) is 0 Å². The third-order valence-electron chi connectivity index (χ3n) is 2.50. The second kappa shape index (κ2) is 6.12. The van der Waals surface area contributed by atoms with Crippen molar-refractivity contribution in [3.05, 3.63) is 24.0 Å². The Morgan fingerprint density at radius 3 is 2.67 bits per heavy atom. The highest BCUT2D eigenvalue weighted by atomic mass is 32.2. The lowest BCUT2D eigenvalue weighted by atomic mass is 10.3. The van der Waals surface area contributed by atoms with Crippen LogP contribution >= 0.6 is 0 Å². The standard InChI is InChI=1S/C11H17FN2O3S/c1-14(6-3-7-17-2)18(15,16)9-4-5-11(13)10(12)8-9/h4-5,8H,3,6-7,13H2,1-2H3. The van der Waals surface area contributed by atoms with E-state index in [4.69, 9.17) is 10.5 Å². The Morgan fingerprint density at radius 2 is 2.11 bits per heavy atom. The van der Waals surface area contributed by atoms with E-state index in [-0.39, 0.29) is 10.6 Å². The SMILES string of the molecule is COCCCN(C)S(=O)(=O)c1ccc(N)c(F)c1. The van der Waals surface area contributed by atoms with Crippen LogP contribution < -0.4 is 5.73 Å². The van der Waals surface area contributed by atoms with E-state index < -0.39 is 15.8 Å². The van der Waals surface area contributed by atoms with E-state index in [9.17, 15) is 12.8 Å². The first-order valence-electron chi connectivity index (χ1n) is 5.40. The molecule has 0 aliphatic carbocycles. The molecule has 102 valence electrons. The molecule has 0 amide bonds. The zero-order valence-electron chi connectivity index (χ0n) is 10.4. The molecule has 5 nitrogen and oxygen atoms in total. The van der Waals surface area contributed by atoms with Gasteiger partial charge >= 0.3 is 0 Å². The van der Waals surface area contributed by atoms with Crippen LogP contribution in [0.3, 0.4) is 0 Å². The van der Waals surface area contributed by atoms with Crippen LogP contribution in [-0.4, -0.2) is 40.0 Å². The predicted octanol–water partition coefficient (Wildman–Crippen LogP) is 1.06. The van der Waals surface area contributed by atoms with Crippen molar-refractivity contribution >= 4 is 15.7 Å². The van der Waals surface area contributed by atoms with Gasteiger partial charge in [0.15, 0.2) is 0 Å². The molecule has 0 spiro atoms. The number of ether oxygens (including phenoxy) is 1. The van der Waals surface area contributed by atoms with E-state index in [2.05, 4.69) is 0 Å². The first-order chi connectivity index (χ1) is 8.39. The summed E-state index contributed by atoms with van der Waals surface area (Å²) >= 11 is 0. The van der Waals surface area contributed by atoms with Gasteiger partial charge in [-0.2, -0.15) is 0 Å². The molecule has 0 aliphatic heterocycles. The molecular weight excluding hydrogens is 259 g/mol. The number of nitrogen functional groups attached to an aromatic ring is 1. The topological polar surface area (TPSA) is 72.6 Å². The van der Waals surface area contributed by atoms with E-state index in [0.717, 1.165) is 10.4 Å². The van der Waals surface area contributed by atoms with Crippen molar-refractivity contribution in [2.75, 3.05) is 33.0 Å². The van der Waals surface area contributed by atoms with Crippen LogP contribution in [0.2, 0.25) is 0 Å². The fraction of sp³-hybridized carbons (Fsp3) is 0.455. The average molecular weight is 276 g/mol. The molecule has 1 aromatic carbocycles.